The van der Waals surface area contributed by atoms with Crippen LogP contribution in [0, 0.1) is 0 Å². The first-order valence-corrected chi connectivity index (χ1v) is 8.65. The summed E-state index contributed by atoms with van der Waals surface area (Å²) in [6.45, 7) is 2.87. The first-order chi connectivity index (χ1) is 9.16. The van der Waals surface area contributed by atoms with Crippen molar-refractivity contribution in [3.63, 3.8) is 0 Å². The summed E-state index contributed by atoms with van der Waals surface area (Å²) in [7, 11) is 0. The van der Waals surface area contributed by atoms with Crippen LogP contribution in [0.25, 0.3) is 10.1 Å². The van der Waals surface area contributed by atoms with Gasteiger partial charge in [0.2, 0.25) is 0 Å². The molecule has 0 bridgehead atoms. The van der Waals surface area contributed by atoms with Gasteiger partial charge < -0.3 is 10.4 Å². The summed E-state index contributed by atoms with van der Waals surface area (Å²) in [6, 6.07) is 11.0. The molecule has 0 radical (unpaired) electrons. The fourth-order valence-electron chi connectivity index (χ4n) is 2.40. The maximum atomic E-state index is 10.3. The smallest absolute Gasteiger partial charge is 0.0869 e. The minimum Gasteiger partial charge on any atom is -0.388 e. The highest BCUT2D eigenvalue weighted by atomic mass is 32.2. The van der Waals surface area contributed by atoms with Gasteiger partial charge in [0.05, 0.1) is 5.60 Å². The second kappa shape index (κ2) is 5.44. The highest BCUT2D eigenvalue weighted by molar-refractivity contribution is 7.99. The van der Waals surface area contributed by atoms with Crippen LogP contribution in [0.5, 0.6) is 0 Å². The number of rotatable bonds is 4. The van der Waals surface area contributed by atoms with Gasteiger partial charge in [0.25, 0.3) is 0 Å². The fraction of sp³-hybridized carbons (Fsp3) is 0.467. The van der Waals surface area contributed by atoms with E-state index in [1.807, 2.05) is 23.1 Å². The molecule has 1 saturated heterocycles. The number of hydrogen-bond donors (Lipinski definition) is 2. The lowest BCUT2D eigenvalue weighted by Crippen LogP contribution is -2.41. The number of hydrogen-bond acceptors (Lipinski definition) is 4. The van der Waals surface area contributed by atoms with Crippen molar-refractivity contribution in [2.45, 2.75) is 25.0 Å². The predicted molar refractivity (Wildman–Crippen MR) is 85.1 cm³/mol. The second-order valence-electron chi connectivity index (χ2n) is 5.32. The van der Waals surface area contributed by atoms with Gasteiger partial charge in [0.1, 0.15) is 0 Å². The van der Waals surface area contributed by atoms with E-state index in [0.29, 0.717) is 12.6 Å². The number of aliphatic hydroxyl groups is 1. The zero-order chi connectivity index (χ0) is 13.3. The molecule has 2 heterocycles. The van der Waals surface area contributed by atoms with E-state index in [1.54, 1.807) is 0 Å². The van der Waals surface area contributed by atoms with Gasteiger partial charge in [0.15, 0.2) is 0 Å². The Morgan fingerprint density at radius 2 is 2.26 bits per heavy atom. The van der Waals surface area contributed by atoms with Crippen molar-refractivity contribution >= 4 is 33.2 Å². The molecule has 2 nitrogen and oxygen atoms in total. The Morgan fingerprint density at radius 1 is 1.42 bits per heavy atom. The molecule has 0 unspecified atom stereocenters. The molecule has 3 rings (SSSR count). The summed E-state index contributed by atoms with van der Waals surface area (Å²) in [5, 5.41) is 15.1. The Kier molecular flexibility index (Phi) is 3.85. The van der Waals surface area contributed by atoms with Crippen molar-refractivity contribution in [3.05, 3.63) is 35.2 Å². The Morgan fingerprint density at radius 3 is 3.00 bits per heavy atom. The summed E-state index contributed by atoms with van der Waals surface area (Å²) in [4.78, 5) is 1.34. The Labute approximate surface area is 122 Å². The number of nitrogens with one attached hydrogen (secondary N) is 1. The molecule has 0 spiro atoms. The molecule has 2 N–H and O–H groups in total. The van der Waals surface area contributed by atoms with Gasteiger partial charge in [-0.2, -0.15) is 11.8 Å². The van der Waals surface area contributed by atoms with E-state index in [2.05, 4.69) is 42.6 Å². The normalized spacial score (nSPS) is 24.9. The monoisotopic (exact) mass is 293 g/mol. The van der Waals surface area contributed by atoms with Gasteiger partial charge in [-0.15, -0.1) is 11.3 Å². The molecule has 19 heavy (non-hydrogen) atoms. The van der Waals surface area contributed by atoms with Crippen LogP contribution in [-0.2, 0) is 0 Å². The van der Waals surface area contributed by atoms with Crippen molar-refractivity contribution < 1.29 is 5.11 Å². The third-order valence-electron chi connectivity index (χ3n) is 3.69. The molecule has 0 aliphatic carbocycles. The fourth-order valence-corrected chi connectivity index (χ4v) is 4.78. The van der Waals surface area contributed by atoms with E-state index < -0.39 is 5.60 Å². The summed E-state index contributed by atoms with van der Waals surface area (Å²) in [5.74, 6) is 1.94. The van der Waals surface area contributed by atoms with Crippen molar-refractivity contribution in [2.75, 3.05) is 18.1 Å². The van der Waals surface area contributed by atoms with E-state index >= 15 is 0 Å². The van der Waals surface area contributed by atoms with E-state index in [-0.39, 0.29) is 0 Å². The molecule has 0 saturated carbocycles. The van der Waals surface area contributed by atoms with E-state index in [9.17, 15) is 5.11 Å². The molecule has 1 aromatic carbocycles. The lowest BCUT2D eigenvalue weighted by Gasteiger charge is -2.24. The van der Waals surface area contributed by atoms with Crippen LogP contribution in [0.15, 0.2) is 30.3 Å². The molecule has 4 heteroatoms. The molecule has 102 valence electrons. The first kappa shape index (κ1) is 13.4. The predicted octanol–water partition coefficient (Wildman–Crippen LogP) is 3.42. The van der Waals surface area contributed by atoms with Gasteiger partial charge in [-0.3, -0.25) is 0 Å². The lowest BCUT2D eigenvalue weighted by molar-refractivity contribution is 0.0652. The number of thioether (sulfide) groups is 1. The minimum absolute atomic E-state index is 0.298. The Bertz CT molecular complexity index is 527. The molecular formula is C15H19NOS2. The highest BCUT2D eigenvalue weighted by Crippen LogP contribution is 2.31. The molecule has 1 aliphatic heterocycles. The van der Waals surface area contributed by atoms with Gasteiger partial charge in [-0.25, -0.2) is 0 Å². The zero-order valence-electron chi connectivity index (χ0n) is 11.1. The van der Waals surface area contributed by atoms with Crippen LogP contribution >= 0.6 is 23.1 Å². The summed E-state index contributed by atoms with van der Waals surface area (Å²) in [6.07, 6.45) is 0.907. The average Bonchev–Trinajstić information content (AvgIpc) is 3.02. The van der Waals surface area contributed by atoms with Crippen LogP contribution in [0.4, 0.5) is 0 Å². The third-order valence-corrected chi connectivity index (χ3v) is 6.22. The van der Waals surface area contributed by atoms with E-state index in [1.165, 1.54) is 15.0 Å². The number of fused-ring (bicyclic) bond motifs is 1. The Balaban J connectivity index is 1.68. The van der Waals surface area contributed by atoms with Gasteiger partial charge in [-0.05, 0) is 36.6 Å². The molecular weight excluding hydrogens is 274 g/mol. The molecule has 2 atom stereocenters. The van der Waals surface area contributed by atoms with Crippen LogP contribution < -0.4 is 5.32 Å². The number of thiophene rings is 1. The maximum absolute atomic E-state index is 10.3. The summed E-state index contributed by atoms with van der Waals surface area (Å²) < 4.78 is 1.33. The minimum atomic E-state index is -0.504. The zero-order valence-corrected chi connectivity index (χ0v) is 12.7. The van der Waals surface area contributed by atoms with Gasteiger partial charge in [-0.1, -0.05) is 18.2 Å². The molecule has 1 fully saturated rings. The van der Waals surface area contributed by atoms with Crippen molar-refractivity contribution in [3.8, 4) is 0 Å². The van der Waals surface area contributed by atoms with Gasteiger partial charge >= 0.3 is 0 Å². The van der Waals surface area contributed by atoms with Crippen LogP contribution in [0.2, 0.25) is 0 Å². The standard InChI is InChI=1S/C15H19NOS2/c1-11(16-9-15(17)6-7-18-10-15)14-8-12-4-2-3-5-13(12)19-14/h2-5,8,11,16-17H,6-7,9-10H2,1H3/t11-,15-/m0/s1. The lowest BCUT2D eigenvalue weighted by atomic mass is 10.0. The van der Waals surface area contributed by atoms with Crippen LogP contribution in [0.3, 0.4) is 0 Å². The molecule has 2 aromatic rings. The topological polar surface area (TPSA) is 32.3 Å². The third kappa shape index (κ3) is 2.97. The quantitative estimate of drug-likeness (QED) is 0.906. The Hall–Kier alpha value is -0.550. The van der Waals surface area contributed by atoms with Crippen LogP contribution in [0.1, 0.15) is 24.3 Å². The largest absolute Gasteiger partial charge is 0.388 e. The highest BCUT2D eigenvalue weighted by Gasteiger charge is 2.31. The maximum Gasteiger partial charge on any atom is 0.0869 e. The molecule has 1 aromatic heterocycles. The number of benzene rings is 1. The van der Waals surface area contributed by atoms with E-state index in [0.717, 1.165) is 17.9 Å². The average molecular weight is 293 g/mol. The van der Waals surface area contributed by atoms with Crippen molar-refractivity contribution in [2.24, 2.45) is 0 Å². The molecule has 0 amide bonds. The van der Waals surface area contributed by atoms with E-state index in [4.69, 9.17) is 0 Å². The van der Waals surface area contributed by atoms with Crippen molar-refractivity contribution in [1.29, 1.82) is 0 Å². The SMILES string of the molecule is C[C@H](NC[C@@]1(O)CCSC1)c1cc2ccccc2s1. The van der Waals surface area contributed by atoms with Gasteiger partial charge in [0, 0.05) is 27.9 Å². The van der Waals surface area contributed by atoms with Crippen LogP contribution in [-0.4, -0.2) is 28.8 Å². The summed E-state index contributed by atoms with van der Waals surface area (Å²) >= 11 is 3.68. The second-order valence-corrected chi connectivity index (χ2v) is 7.54. The van der Waals surface area contributed by atoms with Crippen molar-refractivity contribution in [1.82, 2.24) is 5.32 Å². The molecule has 1 aliphatic rings. The first-order valence-electron chi connectivity index (χ1n) is 6.68. The summed E-state index contributed by atoms with van der Waals surface area (Å²) in [5.41, 5.74) is -0.504.